The van der Waals surface area contributed by atoms with Crippen LogP contribution in [0.15, 0.2) is 18.5 Å². The van der Waals surface area contributed by atoms with Crippen LogP contribution in [0.4, 0.5) is 8.78 Å². The molecular formula is C27H41F2N3O5. The standard InChI is InChI=1S/C27H41F2N3O5/c1-2-3-4-5-6-7-8-9-10-12-23(34)30-13-11-14-36-26-25(35)22(17-33)37-27(26)32-18-31-24-20(29)15-19(28)16-21(24)32/h15-16,18,22,25-27,33,35H,2-14,17H2,1H3,(H,30,34)/t22-,25-,26-,27-/m1/s1. The van der Waals surface area contributed by atoms with Gasteiger partial charge < -0.3 is 29.6 Å². The van der Waals surface area contributed by atoms with Crippen LogP contribution in [-0.4, -0.2) is 63.7 Å². The maximum atomic E-state index is 14.1. The van der Waals surface area contributed by atoms with Gasteiger partial charge >= 0.3 is 0 Å². The van der Waals surface area contributed by atoms with Crippen molar-refractivity contribution in [2.24, 2.45) is 0 Å². The molecule has 0 bridgehead atoms. The number of halogens is 2. The molecule has 1 aliphatic rings. The van der Waals surface area contributed by atoms with E-state index in [-0.39, 0.29) is 23.5 Å². The molecule has 0 aliphatic carbocycles. The number of fused-ring (bicyclic) bond motifs is 1. The van der Waals surface area contributed by atoms with E-state index in [9.17, 15) is 23.8 Å². The highest BCUT2D eigenvalue weighted by Gasteiger charge is 2.45. The first-order chi connectivity index (χ1) is 18.0. The highest BCUT2D eigenvalue weighted by atomic mass is 19.1. The van der Waals surface area contributed by atoms with Crippen LogP contribution in [0.3, 0.4) is 0 Å². The van der Waals surface area contributed by atoms with E-state index in [1.54, 1.807) is 0 Å². The molecule has 8 nitrogen and oxygen atoms in total. The number of carbonyl (C=O) groups is 1. The zero-order chi connectivity index (χ0) is 26.6. The van der Waals surface area contributed by atoms with Crippen molar-refractivity contribution >= 4 is 16.9 Å². The summed E-state index contributed by atoms with van der Waals surface area (Å²) in [5, 5.41) is 23.1. The lowest BCUT2D eigenvalue weighted by Gasteiger charge is -2.22. The second kappa shape index (κ2) is 15.3. The van der Waals surface area contributed by atoms with Crippen molar-refractivity contribution in [3.05, 3.63) is 30.1 Å². The summed E-state index contributed by atoms with van der Waals surface area (Å²) in [5.41, 5.74) is 0.131. The predicted octanol–water partition coefficient (Wildman–Crippen LogP) is 4.38. The van der Waals surface area contributed by atoms with E-state index in [1.807, 2.05) is 0 Å². The van der Waals surface area contributed by atoms with Crippen LogP contribution in [0.2, 0.25) is 0 Å². The van der Waals surface area contributed by atoms with E-state index in [0.717, 1.165) is 25.0 Å². The Kier molecular flexibility index (Phi) is 12.2. The first-order valence-corrected chi connectivity index (χ1v) is 13.6. The van der Waals surface area contributed by atoms with Crippen LogP contribution >= 0.6 is 0 Å². The molecule has 1 aromatic carbocycles. The summed E-state index contributed by atoms with van der Waals surface area (Å²) >= 11 is 0. The van der Waals surface area contributed by atoms with Gasteiger partial charge in [-0.25, -0.2) is 13.8 Å². The summed E-state index contributed by atoms with van der Waals surface area (Å²) in [4.78, 5) is 16.1. The highest BCUT2D eigenvalue weighted by molar-refractivity contribution is 5.76. The van der Waals surface area contributed by atoms with Crippen molar-refractivity contribution in [2.45, 2.75) is 102 Å². The van der Waals surface area contributed by atoms with E-state index in [2.05, 4.69) is 17.2 Å². The zero-order valence-electron chi connectivity index (χ0n) is 21.7. The van der Waals surface area contributed by atoms with Gasteiger partial charge in [0, 0.05) is 31.7 Å². The second-order valence-corrected chi connectivity index (χ2v) is 9.76. The summed E-state index contributed by atoms with van der Waals surface area (Å²) in [6.45, 7) is 2.42. The number of aromatic nitrogens is 2. The molecule has 1 saturated heterocycles. The highest BCUT2D eigenvalue weighted by Crippen LogP contribution is 2.34. The molecule has 1 aromatic heterocycles. The number of benzene rings is 1. The Labute approximate surface area is 217 Å². The Balaban J connectivity index is 1.38. The lowest BCUT2D eigenvalue weighted by atomic mass is 10.1. The van der Waals surface area contributed by atoms with Crippen LogP contribution in [-0.2, 0) is 14.3 Å². The van der Waals surface area contributed by atoms with Crippen molar-refractivity contribution in [3.63, 3.8) is 0 Å². The van der Waals surface area contributed by atoms with Gasteiger partial charge in [0.2, 0.25) is 5.91 Å². The van der Waals surface area contributed by atoms with Crippen LogP contribution in [0, 0.1) is 11.6 Å². The van der Waals surface area contributed by atoms with Crippen LogP contribution in [0.25, 0.3) is 11.0 Å². The minimum absolute atomic E-state index is 0.0133. The number of aliphatic hydroxyl groups is 2. The summed E-state index contributed by atoms with van der Waals surface area (Å²) in [6, 6.07) is 1.88. The summed E-state index contributed by atoms with van der Waals surface area (Å²) in [5.74, 6) is -1.56. The average molecular weight is 526 g/mol. The Morgan fingerprint density at radius 2 is 1.81 bits per heavy atom. The molecule has 0 saturated carbocycles. The number of unbranched alkanes of at least 4 members (excludes halogenated alkanes) is 8. The van der Waals surface area contributed by atoms with E-state index in [4.69, 9.17) is 9.47 Å². The molecule has 2 heterocycles. The topological polar surface area (TPSA) is 106 Å². The fourth-order valence-corrected chi connectivity index (χ4v) is 4.74. The van der Waals surface area contributed by atoms with Gasteiger partial charge in [-0.2, -0.15) is 0 Å². The Bertz CT molecular complexity index is 973. The average Bonchev–Trinajstić information content (AvgIpc) is 3.43. The molecule has 1 fully saturated rings. The van der Waals surface area contributed by atoms with Crippen molar-refractivity contribution < 1.29 is 33.3 Å². The molecule has 1 amide bonds. The zero-order valence-corrected chi connectivity index (χ0v) is 21.7. The molecule has 4 atom stereocenters. The van der Waals surface area contributed by atoms with Crippen molar-refractivity contribution in [3.8, 4) is 0 Å². The molecule has 1 aliphatic heterocycles. The molecule has 3 rings (SSSR count). The largest absolute Gasteiger partial charge is 0.394 e. The van der Waals surface area contributed by atoms with Gasteiger partial charge in [-0.1, -0.05) is 58.3 Å². The fraction of sp³-hybridized carbons (Fsp3) is 0.704. The van der Waals surface area contributed by atoms with Crippen LogP contribution < -0.4 is 5.32 Å². The molecule has 2 aromatic rings. The molecule has 10 heteroatoms. The van der Waals surface area contributed by atoms with Gasteiger partial charge in [-0.05, 0) is 12.8 Å². The fourth-order valence-electron chi connectivity index (χ4n) is 4.74. The third kappa shape index (κ3) is 8.43. The predicted molar refractivity (Wildman–Crippen MR) is 136 cm³/mol. The normalized spacial score (nSPS) is 21.6. The van der Waals surface area contributed by atoms with Crippen molar-refractivity contribution in [2.75, 3.05) is 19.8 Å². The summed E-state index contributed by atoms with van der Waals surface area (Å²) in [7, 11) is 0. The Morgan fingerprint density at radius 1 is 1.11 bits per heavy atom. The van der Waals surface area contributed by atoms with Gasteiger partial charge in [0.15, 0.2) is 12.0 Å². The number of hydrogen-bond donors (Lipinski definition) is 3. The number of nitrogens with one attached hydrogen (secondary N) is 1. The third-order valence-electron chi connectivity index (χ3n) is 6.83. The molecular weight excluding hydrogens is 484 g/mol. The SMILES string of the molecule is CCCCCCCCCCCC(=O)NCCCO[C@@H]1[C@H](O)[C@@H](CO)O[C@H]1n1cnc2c(F)cc(F)cc21. The van der Waals surface area contributed by atoms with Gasteiger partial charge in [0.1, 0.15) is 29.6 Å². The van der Waals surface area contributed by atoms with E-state index in [1.165, 1.54) is 55.8 Å². The molecule has 0 spiro atoms. The van der Waals surface area contributed by atoms with Crippen LogP contribution in [0.1, 0.15) is 83.8 Å². The minimum Gasteiger partial charge on any atom is -0.394 e. The van der Waals surface area contributed by atoms with E-state index < -0.39 is 42.8 Å². The smallest absolute Gasteiger partial charge is 0.219 e. The number of amides is 1. The molecule has 3 N–H and O–H groups in total. The summed E-state index contributed by atoms with van der Waals surface area (Å²) in [6.07, 6.45) is 9.25. The number of hydrogen-bond acceptors (Lipinski definition) is 6. The Morgan fingerprint density at radius 3 is 2.51 bits per heavy atom. The van der Waals surface area contributed by atoms with Crippen molar-refractivity contribution in [1.82, 2.24) is 14.9 Å². The van der Waals surface area contributed by atoms with Crippen molar-refractivity contribution in [1.29, 1.82) is 0 Å². The lowest BCUT2D eigenvalue weighted by Crippen LogP contribution is -2.36. The first-order valence-electron chi connectivity index (χ1n) is 13.6. The first kappa shape index (κ1) is 29.4. The third-order valence-corrected chi connectivity index (χ3v) is 6.83. The number of ether oxygens (including phenoxy) is 2. The number of carbonyl (C=O) groups excluding carboxylic acids is 1. The van der Waals surface area contributed by atoms with Gasteiger partial charge in [-0.15, -0.1) is 0 Å². The van der Waals surface area contributed by atoms with E-state index >= 15 is 0 Å². The molecule has 37 heavy (non-hydrogen) atoms. The van der Waals surface area contributed by atoms with Gasteiger partial charge in [-0.3, -0.25) is 4.79 Å². The molecule has 208 valence electrons. The maximum Gasteiger partial charge on any atom is 0.219 e. The van der Waals surface area contributed by atoms with Gasteiger partial charge in [0.05, 0.1) is 18.5 Å². The monoisotopic (exact) mass is 525 g/mol. The summed E-state index contributed by atoms with van der Waals surface area (Å²) < 4.78 is 40.9. The number of rotatable bonds is 17. The van der Waals surface area contributed by atoms with Gasteiger partial charge in [0.25, 0.3) is 0 Å². The molecule has 0 unspecified atom stereocenters. The van der Waals surface area contributed by atoms with Crippen LogP contribution in [0.5, 0.6) is 0 Å². The maximum absolute atomic E-state index is 14.1. The molecule has 0 radical (unpaired) electrons. The minimum atomic E-state index is -1.15. The lowest BCUT2D eigenvalue weighted by molar-refractivity contribution is -0.121. The quantitative estimate of drug-likeness (QED) is 0.265. The number of imidazole rings is 1. The van der Waals surface area contributed by atoms with E-state index in [0.29, 0.717) is 19.4 Å². The second-order valence-electron chi connectivity index (χ2n) is 9.76. The number of aliphatic hydroxyl groups excluding tert-OH is 2. The Hall–Kier alpha value is -2.14. The number of nitrogens with zero attached hydrogens (tertiary/aromatic N) is 2.